The summed E-state index contributed by atoms with van der Waals surface area (Å²) < 4.78 is 1.63. The summed E-state index contributed by atoms with van der Waals surface area (Å²) >= 11 is 1.78. The third-order valence-corrected chi connectivity index (χ3v) is 5.85. The largest absolute Gasteiger partial charge is 0.334 e. The van der Waals surface area contributed by atoms with Crippen molar-refractivity contribution >= 4 is 28.1 Å². The van der Waals surface area contributed by atoms with E-state index in [0.717, 1.165) is 19.4 Å². The summed E-state index contributed by atoms with van der Waals surface area (Å²) in [6.07, 6.45) is 3.10. The summed E-state index contributed by atoms with van der Waals surface area (Å²) in [4.78, 5) is 28.3. The number of carbonyl (C=O) groups excluding carboxylic acids is 1. The third kappa shape index (κ3) is 2.76. The van der Waals surface area contributed by atoms with Gasteiger partial charge in [0.2, 0.25) is 11.3 Å². The molecule has 0 saturated heterocycles. The van der Waals surface area contributed by atoms with Crippen LogP contribution in [0.3, 0.4) is 0 Å². The molecule has 128 valence electrons. The fourth-order valence-corrected chi connectivity index (χ4v) is 4.57. The molecule has 0 bridgehead atoms. The monoisotopic (exact) mass is 353 g/mol. The highest BCUT2D eigenvalue weighted by molar-refractivity contribution is 7.10. The van der Waals surface area contributed by atoms with Crippen LogP contribution in [0.15, 0.2) is 46.7 Å². The van der Waals surface area contributed by atoms with Crippen molar-refractivity contribution in [2.24, 2.45) is 0 Å². The van der Waals surface area contributed by atoms with Gasteiger partial charge in [-0.05, 0) is 42.0 Å². The van der Waals surface area contributed by atoms with E-state index < -0.39 is 0 Å². The highest BCUT2D eigenvalue weighted by Crippen LogP contribution is 2.35. The number of benzene rings is 1. The SMILES string of the molecule is CCC1c2ccsc2CCN1C(=O)Cn1ncc(=O)c2ccccc21. The van der Waals surface area contributed by atoms with Crippen LogP contribution in [0.5, 0.6) is 0 Å². The summed E-state index contributed by atoms with van der Waals surface area (Å²) in [7, 11) is 0. The van der Waals surface area contributed by atoms with Crippen molar-refractivity contribution in [2.45, 2.75) is 32.4 Å². The Morgan fingerprint density at radius 1 is 1.32 bits per heavy atom. The van der Waals surface area contributed by atoms with Gasteiger partial charge in [0, 0.05) is 16.8 Å². The zero-order chi connectivity index (χ0) is 17.4. The van der Waals surface area contributed by atoms with Crippen LogP contribution >= 0.6 is 11.3 Å². The second kappa shape index (κ2) is 6.44. The predicted octanol–water partition coefficient (Wildman–Crippen LogP) is 2.99. The molecule has 0 fully saturated rings. The van der Waals surface area contributed by atoms with Crippen molar-refractivity contribution < 1.29 is 4.79 Å². The highest BCUT2D eigenvalue weighted by Gasteiger charge is 2.30. The standard InChI is InChI=1S/C19H19N3O2S/c1-2-15-14-8-10-25-18(14)7-9-21(15)19(24)12-22-16-6-4-3-5-13(16)17(23)11-20-22/h3-6,8,10-11,15H,2,7,9,12H2,1H3. The lowest BCUT2D eigenvalue weighted by molar-refractivity contribution is -0.135. The number of para-hydroxylation sites is 1. The summed E-state index contributed by atoms with van der Waals surface area (Å²) in [5, 5.41) is 6.89. The van der Waals surface area contributed by atoms with Crippen LogP contribution in [0.25, 0.3) is 10.9 Å². The van der Waals surface area contributed by atoms with Crippen LogP contribution in [-0.4, -0.2) is 27.1 Å². The van der Waals surface area contributed by atoms with Gasteiger partial charge < -0.3 is 4.90 Å². The van der Waals surface area contributed by atoms with E-state index in [0.29, 0.717) is 10.9 Å². The van der Waals surface area contributed by atoms with Gasteiger partial charge in [0.05, 0.1) is 17.8 Å². The van der Waals surface area contributed by atoms with Crippen molar-refractivity contribution in [3.63, 3.8) is 0 Å². The van der Waals surface area contributed by atoms with Crippen molar-refractivity contribution in [3.8, 4) is 0 Å². The predicted molar refractivity (Wildman–Crippen MR) is 98.8 cm³/mol. The van der Waals surface area contributed by atoms with Crippen molar-refractivity contribution in [2.75, 3.05) is 6.54 Å². The molecule has 2 aromatic heterocycles. The maximum Gasteiger partial charge on any atom is 0.244 e. The number of aromatic nitrogens is 2. The Bertz CT molecular complexity index is 991. The van der Waals surface area contributed by atoms with Gasteiger partial charge >= 0.3 is 0 Å². The van der Waals surface area contributed by atoms with Gasteiger partial charge in [-0.25, -0.2) is 0 Å². The Labute approximate surface area is 149 Å². The molecule has 0 aliphatic carbocycles. The molecule has 1 aromatic carbocycles. The van der Waals surface area contributed by atoms with Crippen LogP contribution in [0, 0.1) is 0 Å². The fourth-order valence-electron chi connectivity index (χ4n) is 3.64. The Balaban J connectivity index is 1.65. The van der Waals surface area contributed by atoms with E-state index in [1.54, 1.807) is 22.1 Å². The molecule has 3 heterocycles. The second-order valence-electron chi connectivity index (χ2n) is 6.24. The van der Waals surface area contributed by atoms with Crippen LogP contribution < -0.4 is 5.43 Å². The normalized spacial score (nSPS) is 16.8. The average Bonchev–Trinajstić information content (AvgIpc) is 3.12. The molecule has 1 amide bonds. The number of carbonyl (C=O) groups is 1. The molecular weight excluding hydrogens is 334 g/mol. The number of rotatable bonds is 3. The minimum atomic E-state index is -0.119. The summed E-state index contributed by atoms with van der Waals surface area (Å²) in [6.45, 7) is 3.00. The van der Waals surface area contributed by atoms with E-state index in [-0.39, 0.29) is 23.9 Å². The lowest BCUT2D eigenvalue weighted by atomic mass is 9.98. The first-order valence-corrected chi connectivity index (χ1v) is 9.37. The molecule has 1 aliphatic heterocycles. The van der Waals surface area contributed by atoms with Gasteiger partial charge in [-0.3, -0.25) is 14.3 Å². The van der Waals surface area contributed by atoms with E-state index in [4.69, 9.17) is 0 Å². The van der Waals surface area contributed by atoms with E-state index in [9.17, 15) is 9.59 Å². The van der Waals surface area contributed by atoms with Gasteiger partial charge in [0.25, 0.3) is 0 Å². The maximum atomic E-state index is 13.0. The molecule has 1 aliphatic rings. The van der Waals surface area contributed by atoms with E-state index in [2.05, 4.69) is 23.5 Å². The third-order valence-electron chi connectivity index (χ3n) is 4.85. The van der Waals surface area contributed by atoms with Gasteiger partial charge in [-0.2, -0.15) is 5.10 Å². The van der Waals surface area contributed by atoms with Gasteiger partial charge in [0.1, 0.15) is 6.54 Å². The second-order valence-corrected chi connectivity index (χ2v) is 7.24. The zero-order valence-corrected chi connectivity index (χ0v) is 14.8. The summed E-state index contributed by atoms with van der Waals surface area (Å²) in [6, 6.07) is 9.56. The van der Waals surface area contributed by atoms with Crippen LogP contribution in [0.2, 0.25) is 0 Å². The molecule has 5 nitrogen and oxygen atoms in total. The number of thiophene rings is 1. The molecule has 25 heavy (non-hydrogen) atoms. The highest BCUT2D eigenvalue weighted by atomic mass is 32.1. The summed E-state index contributed by atoms with van der Waals surface area (Å²) in [5.41, 5.74) is 1.86. The van der Waals surface area contributed by atoms with Gasteiger partial charge in [-0.1, -0.05) is 19.1 Å². The molecular formula is C19H19N3O2S. The van der Waals surface area contributed by atoms with E-state index in [1.165, 1.54) is 16.6 Å². The lowest BCUT2D eigenvalue weighted by Gasteiger charge is -2.35. The molecule has 3 aromatic rings. The average molecular weight is 353 g/mol. The minimum absolute atomic E-state index is 0.0463. The topological polar surface area (TPSA) is 55.2 Å². The molecule has 6 heteroatoms. The number of nitrogens with zero attached hydrogens (tertiary/aromatic N) is 3. The van der Waals surface area contributed by atoms with Crippen LogP contribution in [-0.2, 0) is 17.8 Å². The first-order chi connectivity index (χ1) is 12.2. The Morgan fingerprint density at radius 3 is 3.00 bits per heavy atom. The molecule has 0 spiro atoms. The molecule has 4 rings (SSSR count). The van der Waals surface area contributed by atoms with Crippen LogP contribution in [0.1, 0.15) is 29.8 Å². The van der Waals surface area contributed by atoms with E-state index >= 15 is 0 Å². The van der Waals surface area contributed by atoms with Gasteiger partial charge in [-0.15, -0.1) is 11.3 Å². The Hall–Kier alpha value is -2.47. The smallest absolute Gasteiger partial charge is 0.244 e. The number of hydrogen-bond donors (Lipinski definition) is 0. The summed E-state index contributed by atoms with van der Waals surface area (Å²) in [5.74, 6) is 0.0463. The Kier molecular flexibility index (Phi) is 4.13. The van der Waals surface area contributed by atoms with E-state index in [1.807, 2.05) is 23.1 Å². The van der Waals surface area contributed by atoms with Gasteiger partial charge in [0.15, 0.2) is 0 Å². The first-order valence-electron chi connectivity index (χ1n) is 8.49. The van der Waals surface area contributed by atoms with Crippen LogP contribution in [0.4, 0.5) is 0 Å². The fraction of sp³-hybridized carbons (Fsp3) is 0.316. The number of fused-ring (bicyclic) bond motifs is 2. The van der Waals surface area contributed by atoms with Crippen molar-refractivity contribution in [1.29, 1.82) is 0 Å². The Morgan fingerprint density at radius 2 is 2.16 bits per heavy atom. The molecule has 1 atom stereocenters. The maximum absolute atomic E-state index is 13.0. The molecule has 1 unspecified atom stereocenters. The number of amides is 1. The minimum Gasteiger partial charge on any atom is -0.334 e. The lowest BCUT2D eigenvalue weighted by Crippen LogP contribution is -2.41. The first kappa shape index (κ1) is 16.0. The molecule has 0 radical (unpaired) electrons. The quantitative estimate of drug-likeness (QED) is 0.727. The molecule has 0 N–H and O–H groups in total. The van der Waals surface area contributed by atoms with Crippen molar-refractivity contribution in [1.82, 2.24) is 14.7 Å². The molecule has 0 saturated carbocycles. The zero-order valence-electron chi connectivity index (χ0n) is 14.0. The number of hydrogen-bond acceptors (Lipinski definition) is 4. The van der Waals surface area contributed by atoms with Crippen molar-refractivity contribution in [3.05, 3.63) is 62.6 Å².